The largest absolute Gasteiger partial charge is 0.488 e. The molecule has 3 aromatic rings. The van der Waals surface area contributed by atoms with Gasteiger partial charge in [-0.2, -0.15) is 0 Å². The molecule has 4 heteroatoms. The Morgan fingerprint density at radius 1 is 0.955 bits per heavy atom. The molecule has 2 aromatic carbocycles. The molecule has 0 radical (unpaired) electrons. The molecule has 0 saturated carbocycles. The van der Waals surface area contributed by atoms with Crippen LogP contribution in [-0.4, -0.2) is 16.3 Å². The van der Waals surface area contributed by atoms with E-state index in [-0.39, 0.29) is 0 Å². The molecular weight excluding hydrogens is 276 g/mol. The van der Waals surface area contributed by atoms with Gasteiger partial charge in [0.05, 0.1) is 5.56 Å². The molecule has 0 unspecified atom stereocenters. The summed E-state index contributed by atoms with van der Waals surface area (Å²) in [5, 5.41) is 0. The maximum absolute atomic E-state index is 11.3. The lowest BCUT2D eigenvalue weighted by molar-refractivity contribution is 0.111. The normalized spacial score (nSPS) is 10.2. The van der Waals surface area contributed by atoms with Crippen molar-refractivity contribution < 1.29 is 9.53 Å². The van der Waals surface area contributed by atoms with E-state index in [4.69, 9.17) is 4.74 Å². The van der Waals surface area contributed by atoms with Crippen molar-refractivity contribution in [3.05, 3.63) is 78.4 Å². The molecule has 4 nitrogen and oxygen atoms in total. The van der Waals surface area contributed by atoms with Gasteiger partial charge in [-0.05, 0) is 11.6 Å². The molecule has 0 N–H and O–H groups in total. The molecule has 0 aliphatic carbocycles. The summed E-state index contributed by atoms with van der Waals surface area (Å²) in [6.45, 7) is 0.395. The van der Waals surface area contributed by atoms with Gasteiger partial charge in [0.25, 0.3) is 0 Å². The van der Waals surface area contributed by atoms with Gasteiger partial charge in [0.15, 0.2) is 6.29 Å². The van der Waals surface area contributed by atoms with Gasteiger partial charge < -0.3 is 4.74 Å². The van der Waals surface area contributed by atoms with Crippen LogP contribution in [-0.2, 0) is 6.61 Å². The Bertz CT molecular complexity index is 759. The fraction of sp³-hybridized carbons (Fsp3) is 0.0556. The maximum Gasteiger partial charge on any atom is 0.153 e. The number of hydrogen-bond donors (Lipinski definition) is 0. The highest BCUT2D eigenvalue weighted by atomic mass is 16.5. The topological polar surface area (TPSA) is 52.1 Å². The lowest BCUT2D eigenvalue weighted by Gasteiger charge is -2.13. The first-order chi connectivity index (χ1) is 10.9. The molecule has 108 valence electrons. The van der Waals surface area contributed by atoms with Gasteiger partial charge in [0, 0.05) is 23.5 Å². The number of aldehydes is 1. The summed E-state index contributed by atoms with van der Waals surface area (Å²) in [5.41, 5.74) is 3.17. The third-order valence-corrected chi connectivity index (χ3v) is 3.27. The third-order valence-electron chi connectivity index (χ3n) is 3.27. The van der Waals surface area contributed by atoms with Crippen LogP contribution >= 0.6 is 0 Å². The Kier molecular flexibility index (Phi) is 4.20. The summed E-state index contributed by atoms with van der Waals surface area (Å²) < 4.78 is 5.91. The number of carbonyl (C=O) groups excluding carboxylic acids is 1. The molecule has 22 heavy (non-hydrogen) atoms. The number of nitrogens with zero attached hydrogens (tertiary/aromatic N) is 2. The molecule has 1 aromatic heterocycles. The predicted molar refractivity (Wildman–Crippen MR) is 83.6 cm³/mol. The van der Waals surface area contributed by atoms with Crippen molar-refractivity contribution >= 4 is 6.29 Å². The van der Waals surface area contributed by atoms with Crippen LogP contribution in [0.3, 0.4) is 0 Å². The van der Waals surface area contributed by atoms with Crippen LogP contribution in [0, 0.1) is 0 Å². The van der Waals surface area contributed by atoms with Crippen LogP contribution < -0.4 is 4.74 Å². The number of ether oxygens (including phenoxy) is 1. The molecule has 0 aliphatic rings. The molecule has 0 spiro atoms. The van der Waals surface area contributed by atoms with E-state index in [1.807, 2.05) is 42.5 Å². The molecule has 0 bridgehead atoms. The first-order valence-corrected chi connectivity index (χ1v) is 6.89. The van der Waals surface area contributed by atoms with E-state index in [2.05, 4.69) is 9.97 Å². The number of benzene rings is 2. The Morgan fingerprint density at radius 2 is 1.73 bits per heavy atom. The van der Waals surface area contributed by atoms with E-state index >= 15 is 0 Å². The Balaban J connectivity index is 1.96. The summed E-state index contributed by atoms with van der Waals surface area (Å²) >= 11 is 0. The van der Waals surface area contributed by atoms with Crippen LogP contribution in [0.1, 0.15) is 15.9 Å². The van der Waals surface area contributed by atoms with Crippen molar-refractivity contribution in [1.82, 2.24) is 9.97 Å². The van der Waals surface area contributed by atoms with E-state index < -0.39 is 0 Å². The molecule has 1 heterocycles. The van der Waals surface area contributed by atoms with Gasteiger partial charge in [0.2, 0.25) is 0 Å². The number of aromatic nitrogens is 2. The van der Waals surface area contributed by atoms with Crippen LogP contribution in [0.25, 0.3) is 11.1 Å². The zero-order chi connectivity index (χ0) is 15.2. The number of carbonyl (C=O) groups is 1. The van der Waals surface area contributed by atoms with Gasteiger partial charge in [-0.15, -0.1) is 0 Å². The Labute approximate surface area is 128 Å². The smallest absolute Gasteiger partial charge is 0.153 e. The molecule has 0 atom stereocenters. The van der Waals surface area contributed by atoms with Crippen molar-refractivity contribution in [3.63, 3.8) is 0 Å². The van der Waals surface area contributed by atoms with Gasteiger partial charge >= 0.3 is 0 Å². The zero-order valence-corrected chi connectivity index (χ0v) is 11.8. The molecule has 0 amide bonds. The minimum Gasteiger partial charge on any atom is -0.488 e. The van der Waals surface area contributed by atoms with E-state index in [1.165, 1.54) is 6.33 Å². The first-order valence-electron chi connectivity index (χ1n) is 6.89. The van der Waals surface area contributed by atoms with Crippen LogP contribution in [0.15, 0.2) is 67.3 Å². The Hall–Kier alpha value is -3.01. The number of rotatable bonds is 5. The van der Waals surface area contributed by atoms with E-state index in [9.17, 15) is 4.79 Å². The third kappa shape index (κ3) is 3.01. The summed E-state index contributed by atoms with van der Waals surface area (Å²) in [6.07, 6.45) is 5.67. The average Bonchev–Trinajstić information content (AvgIpc) is 2.61. The molecule has 0 fully saturated rings. The van der Waals surface area contributed by atoms with E-state index in [0.717, 1.165) is 23.0 Å². The van der Waals surface area contributed by atoms with Crippen LogP contribution in [0.4, 0.5) is 0 Å². The quantitative estimate of drug-likeness (QED) is 0.674. The minimum atomic E-state index is 0.395. The lowest BCUT2D eigenvalue weighted by atomic mass is 10.0. The molecule has 0 saturated heterocycles. The van der Waals surface area contributed by atoms with Crippen molar-refractivity contribution in [1.29, 1.82) is 0 Å². The Morgan fingerprint density at radius 3 is 2.45 bits per heavy atom. The lowest BCUT2D eigenvalue weighted by Crippen LogP contribution is -2.00. The average molecular weight is 290 g/mol. The summed E-state index contributed by atoms with van der Waals surface area (Å²) in [7, 11) is 0. The van der Waals surface area contributed by atoms with E-state index in [1.54, 1.807) is 18.5 Å². The maximum atomic E-state index is 11.3. The van der Waals surface area contributed by atoms with Crippen molar-refractivity contribution in [3.8, 4) is 16.9 Å². The van der Waals surface area contributed by atoms with Crippen molar-refractivity contribution in [2.45, 2.75) is 6.61 Å². The van der Waals surface area contributed by atoms with Crippen LogP contribution in [0.5, 0.6) is 5.75 Å². The highest BCUT2D eigenvalue weighted by Crippen LogP contribution is 2.32. The van der Waals surface area contributed by atoms with Crippen molar-refractivity contribution in [2.75, 3.05) is 0 Å². The second kappa shape index (κ2) is 6.63. The highest BCUT2D eigenvalue weighted by molar-refractivity contribution is 5.85. The first kappa shape index (κ1) is 13.9. The predicted octanol–water partition coefficient (Wildman–Crippen LogP) is 3.54. The standard InChI is InChI=1S/C18H14N2O2/c21-11-15-7-4-8-17(16-9-19-13-20-10-16)18(15)22-12-14-5-2-1-3-6-14/h1-11,13H,12H2. The zero-order valence-electron chi connectivity index (χ0n) is 11.8. The second-order valence-corrected chi connectivity index (χ2v) is 4.74. The monoisotopic (exact) mass is 290 g/mol. The van der Waals surface area contributed by atoms with Crippen LogP contribution in [0.2, 0.25) is 0 Å². The highest BCUT2D eigenvalue weighted by Gasteiger charge is 2.12. The molecular formula is C18H14N2O2. The number of para-hydroxylation sites is 1. The van der Waals surface area contributed by atoms with Crippen molar-refractivity contribution in [2.24, 2.45) is 0 Å². The fourth-order valence-corrected chi connectivity index (χ4v) is 2.20. The van der Waals surface area contributed by atoms with Gasteiger partial charge in [-0.1, -0.05) is 42.5 Å². The van der Waals surface area contributed by atoms with Gasteiger partial charge in [-0.3, -0.25) is 4.79 Å². The summed E-state index contributed by atoms with van der Waals surface area (Å²) in [6, 6.07) is 15.3. The number of hydrogen-bond acceptors (Lipinski definition) is 4. The SMILES string of the molecule is O=Cc1cccc(-c2cncnc2)c1OCc1ccccc1. The van der Waals surface area contributed by atoms with Gasteiger partial charge in [-0.25, -0.2) is 9.97 Å². The summed E-state index contributed by atoms with van der Waals surface area (Å²) in [4.78, 5) is 19.4. The van der Waals surface area contributed by atoms with E-state index in [0.29, 0.717) is 17.9 Å². The fourth-order valence-electron chi connectivity index (χ4n) is 2.20. The van der Waals surface area contributed by atoms with Gasteiger partial charge in [0.1, 0.15) is 18.7 Å². The molecule has 0 aliphatic heterocycles. The molecule has 3 rings (SSSR count). The minimum absolute atomic E-state index is 0.395. The summed E-state index contributed by atoms with van der Waals surface area (Å²) in [5.74, 6) is 0.552. The second-order valence-electron chi connectivity index (χ2n) is 4.74.